The third-order valence-electron chi connectivity index (χ3n) is 2.19. The van der Waals surface area contributed by atoms with Crippen molar-refractivity contribution < 1.29 is 4.79 Å². The van der Waals surface area contributed by atoms with Gasteiger partial charge in [0.25, 0.3) is 5.91 Å². The molecule has 0 aromatic carbocycles. The van der Waals surface area contributed by atoms with Gasteiger partial charge in [-0.15, -0.1) is 0 Å². The first-order chi connectivity index (χ1) is 8.66. The van der Waals surface area contributed by atoms with E-state index in [1.54, 1.807) is 6.20 Å². The number of primary amides is 1. The molecule has 2 heterocycles. The molecule has 2 aromatic heterocycles. The highest BCUT2D eigenvalue weighted by Gasteiger charge is 2.11. The molecular weight excluding hydrogens is 254 g/mol. The number of amides is 1. The van der Waals surface area contributed by atoms with Crippen LogP contribution in [0.1, 0.15) is 16.1 Å². The van der Waals surface area contributed by atoms with Gasteiger partial charge in [0.15, 0.2) is 0 Å². The number of nitrogens with zero attached hydrogens (tertiary/aromatic N) is 3. The normalized spacial score (nSPS) is 10.1. The van der Waals surface area contributed by atoms with Gasteiger partial charge in [-0.2, -0.15) is 4.98 Å². The number of aromatic nitrogens is 3. The van der Waals surface area contributed by atoms with E-state index in [9.17, 15) is 4.79 Å². The minimum atomic E-state index is -0.616. The number of carbonyl (C=O) groups is 1. The summed E-state index contributed by atoms with van der Waals surface area (Å²) in [6, 6.07) is 5.53. The lowest BCUT2D eigenvalue weighted by Crippen LogP contribution is -2.16. The Bertz CT molecular complexity index is 561. The van der Waals surface area contributed by atoms with Crippen LogP contribution in [0.15, 0.2) is 30.6 Å². The Balaban J connectivity index is 2.18. The van der Waals surface area contributed by atoms with Crippen LogP contribution in [-0.4, -0.2) is 20.9 Å². The van der Waals surface area contributed by atoms with Crippen molar-refractivity contribution in [1.82, 2.24) is 15.0 Å². The predicted octanol–water partition coefficient (Wildman–Crippen LogP) is 1.24. The van der Waals surface area contributed by atoms with E-state index in [1.165, 1.54) is 6.20 Å². The number of carbonyl (C=O) groups excluding carboxylic acids is 1. The molecule has 92 valence electrons. The lowest BCUT2D eigenvalue weighted by atomic mass is 10.3. The SMILES string of the molecule is NC(=O)c1cnc(Cl)nc1NCc1ccccn1. The summed E-state index contributed by atoms with van der Waals surface area (Å²) in [7, 11) is 0. The monoisotopic (exact) mass is 263 g/mol. The van der Waals surface area contributed by atoms with Gasteiger partial charge >= 0.3 is 0 Å². The average molecular weight is 264 g/mol. The molecule has 0 aliphatic carbocycles. The van der Waals surface area contributed by atoms with Gasteiger partial charge < -0.3 is 11.1 Å². The zero-order valence-corrected chi connectivity index (χ0v) is 10.1. The molecule has 0 radical (unpaired) electrons. The lowest BCUT2D eigenvalue weighted by Gasteiger charge is -2.08. The van der Waals surface area contributed by atoms with Crippen molar-refractivity contribution in [3.8, 4) is 0 Å². The van der Waals surface area contributed by atoms with E-state index in [1.807, 2.05) is 18.2 Å². The molecule has 0 aliphatic rings. The largest absolute Gasteiger partial charge is 0.365 e. The second-order valence-corrected chi connectivity index (χ2v) is 3.78. The second kappa shape index (κ2) is 5.42. The van der Waals surface area contributed by atoms with Crippen molar-refractivity contribution in [1.29, 1.82) is 0 Å². The first-order valence-corrected chi connectivity index (χ1v) is 5.51. The van der Waals surface area contributed by atoms with Gasteiger partial charge in [0.05, 0.1) is 17.8 Å². The molecule has 0 aliphatic heterocycles. The van der Waals surface area contributed by atoms with E-state index in [0.29, 0.717) is 12.4 Å². The molecule has 0 saturated heterocycles. The van der Waals surface area contributed by atoms with Crippen LogP contribution in [0.2, 0.25) is 5.28 Å². The molecule has 0 spiro atoms. The van der Waals surface area contributed by atoms with Crippen molar-refractivity contribution in [3.05, 3.63) is 47.1 Å². The zero-order valence-electron chi connectivity index (χ0n) is 9.30. The molecule has 0 unspecified atom stereocenters. The van der Waals surface area contributed by atoms with Crippen molar-refractivity contribution >= 4 is 23.3 Å². The minimum absolute atomic E-state index is 0.0449. The topological polar surface area (TPSA) is 93.8 Å². The van der Waals surface area contributed by atoms with Crippen molar-refractivity contribution in [2.75, 3.05) is 5.32 Å². The number of pyridine rings is 1. The van der Waals surface area contributed by atoms with Crippen LogP contribution in [0, 0.1) is 0 Å². The Morgan fingerprint density at radius 2 is 2.22 bits per heavy atom. The third-order valence-corrected chi connectivity index (χ3v) is 2.37. The van der Waals surface area contributed by atoms with Gasteiger partial charge in [0.2, 0.25) is 5.28 Å². The fourth-order valence-corrected chi connectivity index (χ4v) is 1.49. The molecule has 2 rings (SSSR count). The van der Waals surface area contributed by atoms with Gasteiger partial charge in [-0.1, -0.05) is 6.07 Å². The molecule has 0 fully saturated rings. The number of anilines is 1. The molecule has 0 saturated carbocycles. The summed E-state index contributed by atoms with van der Waals surface area (Å²) in [5.41, 5.74) is 6.21. The summed E-state index contributed by atoms with van der Waals surface area (Å²) >= 11 is 5.67. The fraction of sp³-hybridized carbons (Fsp3) is 0.0909. The molecule has 6 nitrogen and oxygen atoms in total. The fourth-order valence-electron chi connectivity index (χ4n) is 1.35. The highest BCUT2D eigenvalue weighted by atomic mass is 35.5. The highest BCUT2D eigenvalue weighted by molar-refractivity contribution is 6.28. The van der Waals surface area contributed by atoms with Crippen LogP contribution in [0.5, 0.6) is 0 Å². The summed E-state index contributed by atoms with van der Waals surface area (Å²) in [4.78, 5) is 23.0. The Labute approximate surface area is 108 Å². The van der Waals surface area contributed by atoms with E-state index >= 15 is 0 Å². The van der Waals surface area contributed by atoms with E-state index in [0.717, 1.165) is 5.69 Å². The van der Waals surface area contributed by atoms with Crippen LogP contribution in [-0.2, 0) is 6.54 Å². The van der Waals surface area contributed by atoms with Crippen LogP contribution >= 0.6 is 11.6 Å². The molecule has 3 N–H and O–H groups in total. The number of hydrogen-bond donors (Lipinski definition) is 2. The van der Waals surface area contributed by atoms with E-state index in [2.05, 4.69) is 20.3 Å². The van der Waals surface area contributed by atoms with E-state index < -0.39 is 5.91 Å². The Hall–Kier alpha value is -2.21. The van der Waals surface area contributed by atoms with Crippen molar-refractivity contribution in [2.24, 2.45) is 5.73 Å². The number of halogens is 1. The lowest BCUT2D eigenvalue weighted by molar-refractivity contribution is 0.100. The maximum atomic E-state index is 11.2. The quantitative estimate of drug-likeness (QED) is 0.810. The molecule has 1 amide bonds. The second-order valence-electron chi connectivity index (χ2n) is 3.44. The Morgan fingerprint density at radius 1 is 1.39 bits per heavy atom. The van der Waals surface area contributed by atoms with Crippen molar-refractivity contribution in [3.63, 3.8) is 0 Å². The summed E-state index contributed by atoms with van der Waals surface area (Å²) in [5, 5.41) is 3.00. The van der Waals surface area contributed by atoms with E-state index in [4.69, 9.17) is 17.3 Å². The van der Waals surface area contributed by atoms with Crippen molar-refractivity contribution in [2.45, 2.75) is 6.54 Å². The maximum absolute atomic E-state index is 11.2. The molecule has 2 aromatic rings. The van der Waals surface area contributed by atoms with Gasteiger partial charge in [-0.3, -0.25) is 9.78 Å². The first-order valence-electron chi connectivity index (χ1n) is 5.13. The van der Waals surface area contributed by atoms with Crippen LogP contribution < -0.4 is 11.1 Å². The summed E-state index contributed by atoms with van der Waals surface area (Å²) in [6.45, 7) is 0.411. The molecule has 7 heteroatoms. The van der Waals surface area contributed by atoms with Gasteiger partial charge in [0.1, 0.15) is 5.82 Å². The molecule has 0 atom stereocenters. The summed E-state index contributed by atoms with van der Waals surface area (Å²) < 4.78 is 0. The number of hydrogen-bond acceptors (Lipinski definition) is 5. The average Bonchev–Trinajstić information content (AvgIpc) is 2.37. The van der Waals surface area contributed by atoms with Crippen LogP contribution in [0.25, 0.3) is 0 Å². The molecular formula is C11H10ClN5O. The molecule has 18 heavy (non-hydrogen) atoms. The van der Waals surface area contributed by atoms with Gasteiger partial charge in [-0.05, 0) is 23.7 Å². The van der Waals surface area contributed by atoms with Gasteiger partial charge in [0, 0.05) is 12.4 Å². The number of nitrogens with two attached hydrogens (primary N) is 1. The van der Waals surface area contributed by atoms with Crippen LogP contribution in [0.3, 0.4) is 0 Å². The predicted molar refractivity (Wildman–Crippen MR) is 67.1 cm³/mol. The smallest absolute Gasteiger partial charge is 0.254 e. The summed E-state index contributed by atoms with van der Waals surface area (Å²) in [6.07, 6.45) is 2.97. The highest BCUT2D eigenvalue weighted by Crippen LogP contribution is 2.14. The Morgan fingerprint density at radius 3 is 2.89 bits per heavy atom. The summed E-state index contributed by atoms with van der Waals surface area (Å²) in [5.74, 6) is -0.316. The third kappa shape index (κ3) is 2.92. The van der Waals surface area contributed by atoms with E-state index in [-0.39, 0.29) is 10.8 Å². The Kier molecular flexibility index (Phi) is 3.69. The number of rotatable bonds is 4. The minimum Gasteiger partial charge on any atom is -0.365 e. The van der Waals surface area contributed by atoms with Gasteiger partial charge in [-0.25, -0.2) is 4.98 Å². The van der Waals surface area contributed by atoms with Crippen LogP contribution in [0.4, 0.5) is 5.82 Å². The zero-order chi connectivity index (χ0) is 13.0. The standard InChI is InChI=1S/C11H10ClN5O/c12-11-16-6-8(9(13)18)10(17-11)15-5-7-3-1-2-4-14-7/h1-4,6H,5H2,(H2,13,18)(H,15,16,17). The molecule has 0 bridgehead atoms. The number of nitrogens with one attached hydrogen (secondary N) is 1. The maximum Gasteiger partial charge on any atom is 0.254 e. The first kappa shape index (κ1) is 12.3.